The van der Waals surface area contributed by atoms with Gasteiger partial charge in [-0.15, -0.1) is 0 Å². The number of esters is 2. The number of Topliss-reactive ketones (excluding diaryl/α,β-unsaturated/α-hetero) is 1. The van der Waals surface area contributed by atoms with Crippen LogP contribution in [0.4, 0.5) is 14.5 Å². The van der Waals surface area contributed by atoms with E-state index in [1.54, 1.807) is 45.0 Å². The Labute approximate surface area is 358 Å². The van der Waals surface area contributed by atoms with E-state index in [1.807, 2.05) is 42.5 Å². The first-order valence-electron chi connectivity index (χ1n) is 21.1. The second-order valence-corrected chi connectivity index (χ2v) is 18.3. The summed E-state index contributed by atoms with van der Waals surface area (Å²) < 4.78 is 57.2. The number of hydrogen-bond donors (Lipinski definition) is 3. The van der Waals surface area contributed by atoms with Crippen LogP contribution in [0.3, 0.4) is 0 Å². The number of nitrogens with two attached hydrogens (primary N) is 1. The van der Waals surface area contributed by atoms with E-state index in [-0.39, 0.29) is 56.7 Å². The van der Waals surface area contributed by atoms with Crippen LogP contribution < -0.4 is 11.1 Å². The first-order valence-corrected chi connectivity index (χ1v) is 21.1. The lowest BCUT2D eigenvalue weighted by Gasteiger charge is -2.63. The number of alkyl halides is 2. The maximum Gasteiger partial charge on any atom is 0.306 e. The number of benzene rings is 3. The highest BCUT2D eigenvalue weighted by Crippen LogP contribution is 2.72. The highest BCUT2D eigenvalue weighted by Gasteiger charge is 2.80. The average molecular weight is 855 g/mol. The van der Waals surface area contributed by atoms with Gasteiger partial charge in [0, 0.05) is 29.0 Å². The molecule has 3 aromatic rings. The number of halogens is 2. The van der Waals surface area contributed by atoms with Crippen molar-refractivity contribution in [3.05, 3.63) is 102 Å². The van der Waals surface area contributed by atoms with Crippen LogP contribution >= 0.6 is 0 Å². The van der Waals surface area contributed by atoms with Gasteiger partial charge in [0.1, 0.15) is 12.8 Å². The Hall–Kier alpha value is -5.15. The number of aliphatic hydroxyl groups excluding tert-OH is 1. The van der Waals surface area contributed by atoms with E-state index in [0.29, 0.717) is 16.8 Å². The Bertz CT molecular complexity index is 2380. The van der Waals surface area contributed by atoms with Crippen LogP contribution in [0.1, 0.15) is 76.8 Å². The molecule has 3 saturated carbocycles. The van der Waals surface area contributed by atoms with Gasteiger partial charge in [0.25, 0.3) is 0 Å². The van der Waals surface area contributed by atoms with Crippen molar-refractivity contribution in [2.24, 2.45) is 28.4 Å². The predicted molar refractivity (Wildman–Crippen MR) is 223 cm³/mol. The molecule has 4 N–H and O–H groups in total. The van der Waals surface area contributed by atoms with Crippen molar-refractivity contribution >= 4 is 45.9 Å². The van der Waals surface area contributed by atoms with Gasteiger partial charge in [0.05, 0.1) is 31.0 Å². The fourth-order valence-electron chi connectivity index (χ4n) is 11.3. The number of carbonyl (C=O) groups is 5. The van der Waals surface area contributed by atoms with Gasteiger partial charge in [-0.1, -0.05) is 67.6 Å². The number of nitrogens with one attached hydrogen (secondary N) is 1. The second kappa shape index (κ2) is 15.9. The summed E-state index contributed by atoms with van der Waals surface area (Å²) in [6.45, 7) is 5.71. The molecule has 0 radical (unpaired) electrons. The molecule has 328 valence electrons. The zero-order valence-corrected chi connectivity index (χ0v) is 35.2. The smallest absolute Gasteiger partial charge is 0.306 e. The quantitative estimate of drug-likeness (QED) is 0.175. The number of ether oxygens (including phenoxy) is 4. The number of fused-ring (bicyclic) bond motifs is 8. The molecule has 3 aromatic carbocycles. The minimum absolute atomic E-state index is 0.00825. The topological polar surface area (TPSA) is 181 Å². The molecule has 8 rings (SSSR count). The summed E-state index contributed by atoms with van der Waals surface area (Å²) in [5.74, 6) is -6.53. The van der Waals surface area contributed by atoms with Crippen molar-refractivity contribution in [2.45, 2.75) is 108 Å². The van der Waals surface area contributed by atoms with Crippen LogP contribution in [0, 0.1) is 22.7 Å². The van der Waals surface area contributed by atoms with Crippen molar-refractivity contribution in [1.29, 1.82) is 0 Å². The highest BCUT2D eigenvalue weighted by molar-refractivity contribution is 6.01. The van der Waals surface area contributed by atoms with E-state index in [4.69, 9.17) is 24.7 Å². The molecule has 1 amide bonds. The van der Waals surface area contributed by atoms with Gasteiger partial charge in [-0.05, 0) is 97.7 Å². The van der Waals surface area contributed by atoms with Crippen LogP contribution in [0.15, 0.2) is 90.5 Å². The van der Waals surface area contributed by atoms with Gasteiger partial charge in [0.15, 0.2) is 29.4 Å². The van der Waals surface area contributed by atoms with Crippen LogP contribution in [-0.2, 0) is 49.5 Å². The number of hydrogen-bond acceptors (Lipinski definition) is 11. The highest BCUT2D eigenvalue weighted by atomic mass is 19.1. The number of rotatable bonds is 12. The Morgan fingerprint density at radius 2 is 1.63 bits per heavy atom. The van der Waals surface area contributed by atoms with Crippen LogP contribution in [0.5, 0.6) is 0 Å². The van der Waals surface area contributed by atoms with Crippen LogP contribution in [0.25, 0.3) is 10.8 Å². The van der Waals surface area contributed by atoms with Gasteiger partial charge < -0.3 is 35.1 Å². The summed E-state index contributed by atoms with van der Waals surface area (Å²) in [5, 5.41) is 16.8. The standard InChI is InChI=1S/C48H52F2N2O10/c1-44(2)61-40-22-34-35-21-37(49)36-20-32(53)17-18-45(36,3)47(35,50)38(54)23-46(34,4)48(40,62-44)39(55)26-60-42(57)16-15-41(56)59-25-27-9-11-29(12-10-27)33(24-51)43(58)52-31-14-13-28-7-5-6-8-30(28)19-31/h5-14,17-20,33-35,37-38,40,54H,15-16,21-26,51H2,1-4H3,(H,52,58)/t33-,34+,35+,37+,38+,40-,45+,46+,47+,48-/m1/s1. The molecule has 0 aromatic heterocycles. The molecule has 14 heteroatoms. The summed E-state index contributed by atoms with van der Waals surface area (Å²) in [7, 11) is 0. The Balaban J connectivity index is 0.859. The van der Waals surface area contributed by atoms with Crippen LogP contribution in [0.2, 0.25) is 0 Å². The van der Waals surface area contributed by atoms with Gasteiger partial charge in [-0.3, -0.25) is 24.0 Å². The van der Waals surface area contributed by atoms with E-state index in [9.17, 15) is 29.1 Å². The van der Waals surface area contributed by atoms with Gasteiger partial charge >= 0.3 is 11.9 Å². The molecule has 10 atom stereocenters. The lowest BCUT2D eigenvalue weighted by Crippen LogP contribution is -2.71. The molecule has 12 nitrogen and oxygen atoms in total. The fraction of sp³-hybridized carbons (Fsp3) is 0.479. The maximum absolute atomic E-state index is 17.7. The molecular formula is C48H52F2N2O10. The largest absolute Gasteiger partial charge is 0.461 e. The summed E-state index contributed by atoms with van der Waals surface area (Å²) in [5.41, 5.74) is 0.961. The van der Waals surface area contributed by atoms with Crippen molar-refractivity contribution in [1.82, 2.24) is 0 Å². The van der Waals surface area contributed by atoms with Gasteiger partial charge in [0.2, 0.25) is 11.7 Å². The molecule has 4 aliphatic carbocycles. The van der Waals surface area contributed by atoms with E-state index < -0.39 is 94.1 Å². The molecule has 4 fully saturated rings. The van der Waals surface area contributed by atoms with Gasteiger partial charge in [-0.25, -0.2) is 8.78 Å². The van der Waals surface area contributed by atoms with Crippen molar-refractivity contribution < 1.29 is 56.8 Å². The van der Waals surface area contributed by atoms with Crippen molar-refractivity contribution in [3.8, 4) is 0 Å². The lowest BCUT2D eigenvalue weighted by atomic mass is 9.44. The minimum Gasteiger partial charge on any atom is -0.461 e. The summed E-state index contributed by atoms with van der Waals surface area (Å²) in [6, 6.07) is 20.4. The zero-order chi connectivity index (χ0) is 44.4. The third-order valence-corrected chi connectivity index (χ3v) is 14.3. The first-order chi connectivity index (χ1) is 29.3. The molecule has 1 saturated heterocycles. The monoisotopic (exact) mass is 854 g/mol. The lowest BCUT2D eigenvalue weighted by molar-refractivity contribution is -0.249. The van der Waals surface area contributed by atoms with E-state index in [1.165, 1.54) is 19.1 Å². The normalized spacial score (nSPS) is 33.3. The third kappa shape index (κ3) is 7.08. The van der Waals surface area contributed by atoms with E-state index >= 15 is 8.78 Å². The summed E-state index contributed by atoms with van der Waals surface area (Å²) in [6.07, 6.45) is -1.73. The molecule has 5 aliphatic rings. The SMILES string of the molecule is CC1(C)O[C@@H]2C[C@H]3[C@@H]4C[C@H](F)C5=CC(=O)C=C[C@]5(C)[C@@]4(F)[C@@H](O)C[C@]3(C)[C@]2(C(=O)COC(=O)CCC(=O)OCc2ccc([C@@H](CN)C(=O)Nc3ccc4ccccc4c3)cc2)O1. The van der Waals surface area contributed by atoms with Crippen molar-refractivity contribution in [3.63, 3.8) is 0 Å². The van der Waals surface area contributed by atoms with E-state index in [2.05, 4.69) is 5.32 Å². The fourth-order valence-corrected chi connectivity index (χ4v) is 11.3. The van der Waals surface area contributed by atoms with Crippen molar-refractivity contribution in [2.75, 3.05) is 18.5 Å². The Morgan fingerprint density at radius 1 is 0.935 bits per heavy atom. The Morgan fingerprint density at radius 3 is 2.34 bits per heavy atom. The van der Waals surface area contributed by atoms with E-state index in [0.717, 1.165) is 16.8 Å². The average Bonchev–Trinajstić information content (AvgIpc) is 3.65. The third-order valence-electron chi connectivity index (χ3n) is 14.3. The molecule has 1 aliphatic heterocycles. The predicted octanol–water partition coefficient (Wildman–Crippen LogP) is 6.28. The molecule has 0 spiro atoms. The van der Waals surface area contributed by atoms with Gasteiger partial charge in [-0.2, -0.15) is 0 Å². The zero-order valence-electron chi connectivity index (χ0n) is 35.2. The number of ketones is 2. The molecule has 0 bridgehead atoms. The summed E-state index contributed by atoms with van der Waals surface area (Å²) >= 11 is 0. The van der Waals surface area contributed by atoms with Crippen LogP contribution in [-0.4, -0.2) is 83.1 Å². The maximum atomic E-state index is 17.7. The number of allylic oxidation sites excluding steroid dienone is 4. The number of amides is 1. The minimum atomic E-state index is -2.36. The second-order valence-electron chi connectivity index (χ2n) is 18.3. The number of carbonyl (C=O) groups excluding carboxylic acids is 5. The summed E-state index contributed by atoms with van der Waals surface area (Å²) in [4.78, 5) is 65.3. The molecule has 0 unspecified atom stereocenters. The molecule has 62 heavy (non-hydrogen) atoms. The molecular weight excluding hydrogens is 803 g/mol. The molecule has 1 heterocycles. The Kier molecular flexibility index (Phi) is 11.1. The first kappa shape index (κ1) is 43.5. The number of aliphatic hydroxyl groups is 1. The number of anilines is 1.